The van der Waals surface area contributed by atoms with Gasteiger partial charge in [-0.2, -0.15) is 10.5 Å². The number of hydrogen-bond acceptors (Lipinski definition) is 4. The summed E-state index contributed by atoms with van der Waals surface area (Å²) >= 11 is 9.56. The SMILES string of the molecule is N#Cc1cc(CBr)cs1.N#Cc1cc(CBr)cs1. The summed E-state index contributed by atoms with van der Waals surface area (Å²) in [7, 11) is 0. The molecule has 0 saturated heterocycles. The van der Waals surface area contributed by atoms with E-state index in [-0.39, 0.29) is 0 Å². The third-order valence-corrected chi connectivity index (χ3v) is 4.90. The summed E-state index contributed by atoms with van der Waals surface area (Å²) in [6, 6.07) is 7.94. The fraction of sp³-hybridized carbons (Fsp3) is 0.167. The Bertz CT molecular complexity index is 523. The summed E-state index contributed by atoms with van der Waals surface area (Å²) in [5.74, 6) is 0. The second-order valence-electron chi connectivity index (χ2n) is 3.13. The molecule has 2 nitrogen and oxygen atoms in total. The van der Waals surface area contributed by atoms with Crippen molar-refractivity contribution in [3.05, 3.63) is 43.8 Å². The van der Waals surface area contributed by atoms with E-state index < -0.39 is 0 Å². The fourth-order valence-corrected chi connectivity index (χ4v) is 3.49. The van der Waals surface area contributed by atoms with Crippen LogP contribution in [-0.4, -0.2) is 0 Å². The van der Waals surface area contributed by atoms with Crippen LogP contribution in [0.5, 0.6) is 0 Å². The number of hydrogen-bond donors (Lipinski definition) is 0. The molecular weight excluding hydrogens is 396 g/mol. The van der Waals surface area contributed by atoms with E-state index in [0.717, 1.165) is 20.4 Å². The number of nitrogens with zero attached hydrogens (tertiary/aromatic N) is 2. The molecule has 6 heteroatoms. The third kappa shape index (κ3) is 4.91. The molecule has 0 aliphatic carbocycles. The lowest BCUT2D eigenvalue weighted by Gasteiger charge is -1.77. The van der Waals surface area contributed by atoms with Gasteiger partial charge in [0.15, 0.2) is 0 Å². The summed E-state index contributed by atoms with van der Waals surface area (Å²) in [6.45, 7) is 0. The van der Waals surface area contributed by atoms with Gasteiger partial charge >= 0.3 is 0 Å². The van der Waals surface area contributed by atoms with Gasteiger partial charge in [-0.1, -0.05) is 31.9 Å². The van der Waals surface area contributed by atoms with Crippen molar-refractivity contribution in [2.24, 2.45) is 0 Å². The Kier molecular flexibility index (Phi) is 7.22. The first-order valence-electron chi connectivity index (χ1n) is 4.80. The summed E-state index contributed by atoms with van der Waals surface area (Å²) in [5.41, 5.74) is 2.35. The predicted molar refractivity (Wildman–Crippen MR) is 83.3 cm³/mol. The lowest BCUT2D eigenvalue weighted by Crippen LogP contribution is -1.64. The van der Waals surface area contributed by atoms with Crippen molar-refractivity contribution in [1.29, 1.82) is 10.5 Å². The minimum absolute atomic E-state index is 0.782. The molecule has 0 N–H and O–H groups in total. The lowest BCUT2D eigenvalue weighted by molar-refractivity contribution is 1.48. The molecular formula is C12H8Br2N2S2. The topological polar surface area (TPSA) is 47.6 Å². The Morgan fingerprint density at radius 1 is 0.889 bits per heavy atom. The maximum Gasteiger partial charge on any atom is 0.110 e. The quantitative estimate of drug-likeness (QED) is 0.660. The van der Waals surface area contributed by atoms with Crippen molar-refractivity contribution in [3.63, 3.8) is 0 Å². The Balaban J connectivity index is 0.000000180. The van der Waals surface area contributed by atoms with Crippen LogP contribution >= 0.6 is 54.5 Å². The molecule has 0 unspecified atom stereocenters. The van der Waals surface area contributed by atoms with Crippen LogP contribution < -0.4 is 0 Å². The van der Waals surface area contributed by atoms with Crippen molar-refractivity contribution in [1.82, 2.24) is 0 Å². The monoisotopic (exact) mass is 402 g/mol. The Morgan fingerprint density at radius 2 is 1.28 bits per heavy atom. The number of alkyl halides is 2. The summed E-state index contributed by atoms with van der Waals surface area (Å²) < 4.78 is 0. The smallest absolute Gasteiger partial charge is 0.110 e. The second kappa shape index (κ2) is 8.44. The van der Waals surface area contributed by atoms with E-state index in [1.165, 1.54) is 33.8 Å². The molecule has 0 amide bonds. The molecule has 2 heterocycles. The molecule has 2 aromatic rings. The third-order valence-electron chi connectivity index (χ3n) is 1.84. The van der Waals surface area contributed by atoms with E-state index in [9.17, 15) is 0 Å². The van der Waals surface area contributed by atoms with Gasteiger partial charge in [-0.05, 0) is 34.0 Å². The normalized spacial score (nSPS) is 8.89. The molecule has 0 spiro atoms. The molecule has 0 radical (unpaired) electrons. The zero-order valence-electron chi connectivity index (χ0n) is 9.19. The largest absolute Gasteiger partial charge is 0.192 e. The minimum atomic E-state index is 0.782. The highest BCUT2D eigenvalue weighted by Crippen LogP contribution is 2.15. The van der Waals surface area contributed by atoms with E-state index in [0.29, 0.717) is 0 Å². The van der Waals surface area contributed by atoms with E-state index in [1.54, 1.807) is 0 Å². The zero-order chi connectivity index (χ0) is 13.4. The Hall–Kier alpha value is -0.660. The van der Waals surface area contributed by atoms with Crippen LogP contribution in [-0.2, 0) is 10.7 Å². The van der Waals surface area contributed by atoms with Gasteiger partial charge in [0, 0.05) is 10.7 Å². The highest BCUT2D eigenvalue weighted by Gasteiger charge is 1.95. The predicted octanol–water partition coefficient (Wildman–Crippen LogP) is 5.03. The molecule has 0 atom stereocenters. The van der Waals surface area contributed by atoms with Crippen LogP contribution in [0, 0.1) is 22.7 Å². The molecule has 0 saturated carbocycles. The number of nitriles is 2. The molecule has 2 rings (SSSR count). The van der Waals surface area contributed by atoms with Crippen LogP contribution in [0.25, 0.3) is 0 Å². The molecule has 0 aliphatic heterocycles. The standard InChI is InChI=1S/2C6H4BrNS/c2*7-2-5-1-6(3-8)9-4-5/h2*1,4H,2H2. The molecule has 0 fully saturated rings. The first-order chi connectivity index (χ1) is 8.73. The van der Waals surface area contributed by atoms with Gasteiger partial charge in [-0.3, -0.25) is 0 Å². The molecule has 92 valence electrons. The van der Waals surface area contributed by atoms with Crippen molar-refractivity contribution in [2.75, 3.05) is 0 Å². The molecule has 18 heavy (non-hydrogen) atoms. The Labute approximate surface area is 131 Å². The van der Waals surface area contributed by atoms with E-state index >= 15 is 0 Å². The van der Waals surface area contributed by atoms with Gasteiger partial charge in [-0.15, -0.1) is 22.7 Å². The van der Waals surface area contributed by atoms with E-state index in [4.69, 9.17) is 10.5 Å². The number of rotatable bonds is 2. The van der Waals surface area contributed by atoms with Crippen LogP contribution in [0.15, 0.2) is 22.9 Å². The van der Waals surface area contributed by atoms with Crippen LogP contribution in [0.3, 0.4) is 0 Å². The first-order valence-corrected chi connectivity index (χ1v) is 8.80. The maximum absolute atomic E-state index is 8.39. The summed E-state index contributed by atoms with van der Waals surface area (Å²) in [4.78, 5) is 1.56. The van der Waals surface area contributed by atoms with Crippen molar-refractivity contribution in [3.8, 4) is 12.1 Å². The maximum atomic E-state index is 8.39. The van der Waals surface area contributed by atoms with E-state index in [1.807, 2.05) is 22.9 Å². The lowest BCUT2D eigenvalue weighted by atomic mass is 10.3. The van der Waals surface area contributed by atoms with Gasteiger partial charge in [0.05, 0.1) is 0 Å². The van der Waals surface area contributed by atoms with Crippen LogP contribution in [0.1, 0.15) is 20.9 Å². The van der Waals surface area contributed by atoms with Crippen molar-refractivity contribution in [2.45, 2.75) is 10.7 Å². The van der Waals surface area contributed by atoms with Crippen molar-refractivity contribution < 1.29 is 0 Å². The van der Waals surface area contributed by atoms with Crippen LogP contribution in [0.2, 0.25) is 0 Å². The highest BCUT2D eigenvalue weighted by molar-refractivity contribution is 9.08. The van der Waals surface area contributed by atoms with Crippen LogP contribution in [0.4, 0.5) is 0 Å². The van der Waals surface area contributed by atoms with Gasteiger partial charge in [0.1, 0.15) is 21.9 Å². The number of thiophene rings is 2. The number of halogens is 2. The van der Waals surface area contributed by atoms with E-state index in [2.05, 4.69) is 44.0 Å². The first kappa shape index (κ1) is 15.4. The highest BCUT2D eigenvalue weighted by atomic mass is 79.9. The second-order valence-corrected chi connectivity index (χ2v) is 6.07. The van der Waals surface area contributed by atoms with Gasteiger partial charge in [-0.25, -0.2) is 0 Å². The average molecular weight is 404 g/mol. The van der Waals surface area contributed by atoms with Gasteiger partial charge in [0.25, 0.3) is 0 Å². The summed E-state index contributed by atoms with van der Waals surface area (Å²) in [6.07, 6.45) is 0. The fourth-order valence-electron chi connectivity index (χ4n) is 1.01. The molecule has 0 aromatic carbocycles. The minimum Gasteiger partial charge on any atom is -0.192 e. The van der Waals surface area contributed by atoms with Gasteiger partial charge in [0.2, 0.25) is 0 Å². The molecule has 0 aliphatic rings. The van der Waals surface area contributed by atoms with Gasteiger partial charge < -0.3 is 0 Å². The summed E-state index contributed by atoms with van der Waals surface area (Å²) in [5, 5.41) is 22.4. The zero-order valence-corrected chi connectivity index (χ0v) is 14.0. The average Bonchev–Trinajstić information content (AvgIpc) is 3.07. The van der Waals surface area contributed by atoms with Crippen molar-refractivity contribution >= 4 is 54.5 Å². The Morgan fingerprint density at radius 3 is 1.44 bits per heavy atom. The molecule has 2 aromatic heterocycles. The molecule has 0 bridgehead atoms.